The highest BCUT2D eigenvalue weighted by Gasteiger charge is 2.34. The van der Waals surface area contributed by atoms with Crippen molar-refractivity contribution in [1.82, 2.24) is 9.97 Å². The number of aromatic carboxylic acids is 1. The summed E-state index contributed by atoms with van der Waals surface area (Å²) in [6.45, 7) is 3.18. The van der Waals surface area contributed by atoms with Gasteiger partial charge >= 0.3 is 12.0 Å². The molecule has 2 rings (SSSR count). The van der Waals surface area contributed by atoms with Crippen molar-refractivity contribution in [2.24, 2.45) is 5.73 Å². The first-order valence-corrected chi connectivity index (χ1v) is 8.08. The molecule has 0 saturated carbocycles. The minimum absolute atomic E-state index is 0.189. The summed E-state index contributed by atoms with van der Waals surface area (Å²) in [5, 5.41) is 9.18. The molecule has 0 saturated heterocycles. The molecule has 9 nitrogen and oxygen atoms in total. The number of aryl methyl sites for hydroxylation is 2. The average Bonchev–Trinajstić information content (AvgIpc) is 2.45. The predicted octanol–water partition coefficient (Wildman–Crippen LogP) is 1.07. The minimum atomic E-state index is -4.61. The minimum Gasteiger partial charge on any atom is -0.478 e. The van der Waals surface area contributed by atoms with Crippen LogP contribution in [0.5, 0.6) is 0 Å². The quantitative estimate of drug-likeness (QED) is 0.839. The topological polar surface area (TPSA) is 144 Å². The van der Waals surface area contributed by atoms with Crippen molar-refractivity contribution in [3.63, 3.8) is 0 Å². The number of sulfonamides is 1. The molecule has 3 N–H and O–H groups in total. The number of amides is 2. The number of carboxylic acid groups (broad SMARTS) is 1. The standard InChI is InChI=1S/C14H14N4O5S/c1-8-7-9(2)17-14(16-8)18(13(15)21)24(22,23)11-6-4-3-5-10(11)12(19)20/h3-7H,1-2H3,(H2,15,21)(H,19,20). The summed E-state index contributed by atoms with van der Waals surface area (Å²) in [5.41, 5.74) is 5.55. The summed E-state index contributed by atoms with van der Waals surface area (Å²) in [6.07, 6.45) is 0. The summed E-state index contributed by atoms with van der Waals surface area (Å²) in [5.74, 6) is -1.90. The number of carbonyl (C=O) groups excluding carboxylic acids is 1. The highest BCUT2D eigenvalue weighted by Crippen LogP contribution is 2.24. The van der Waals surface area contributed by atoms with Gasteiger partial charge in [0.25, 0.3) is 10.0 Å². The average molecular weight is 350 g/mol. The van der Waals surface area contributed by atoms with E-state index >= 15 is 0 Å². The van der Waals surface area contributed by atoms with Gasteiger partial charge in [-0.1, -0.05) is 12.1 Å². The maximum absolute atomic E-state index is 12.8. The van der Waals surface area contributed by atoms with Crippen molar-refractivity contribution in [1.29, 1.82) is 0 Å². The molecule has 0 aliphatic rings. The third kappa shape index (κ3) is 3.18. The molecule has 0 aliphatic carbocycles. The number of urea groups is 1. The second-order valence-electron chi connectivity index (χ2n) is 4.86. The molecule has 1 heterocycles. The van der Waals surface area contributed by atoms with Gasteiger partial charge in [-0.2, -0.15) is 0 Å². The van der Waals surface area contributed by atoms with E-state index < -0.39 is 38.4 Å². The second kappa shape index (κ2) is 6.24. The summed E-state index contributed by atoms with van der Waals surface area (Å²) in [7, 11) is -4.61. The molecular weight excluding hydrogens is 336 g/mol. The lowest BCUT2D eigenvalue weighted by molar-refractivity contribution is 0.0692. The van der Waals surface area contributed by atoms with E-state index in [9.17, 15) is 23.1 Å². The Balaban J connectivity index is 2.72. The van der Waals surface area contributed by atoms with Crippen molar-refractivity contribution in [2.75, 3.05) is 4.31 Å². The lowest BCUT2D eigenvalue weighted by atomic mass is 10.2. The first kappa shape index (κ1) is 17.3. The lowest BCUT2D eigenvalue weighted by Crippen LogP contribution is -2.42. The monoisotopic (exact) mass is 350 g/mol. The number of hydrogen-bond acceptors (Lipinski definition) is 6. The zero-order valence-corrected chi connectivity index (χ0v) is 13.6. The molecule has 0 bridgehead atoms. The highest BCUT2D eigenvalue weighted by molar-refractivity contribution is 7.93. The third-order valence-corrected chi connectivity index (χ3v) is 4.72. The van der Waals surface area contributed by atoms with Crippen LogP contribution in [0, 0.1) is 13.8 Å². The van der Waals surface area contributed by atoms with Crippen molar-refractivity contribution in [3.8, 4) is 0 Å². The fraction of sp³-hybridized carbons (Fsp3) is 0.143. The van der Waals surface area contributed by atoms with Crippen LogP contribution < -0.4 is 10.0 Å². The number of aromatic nitrogens is 2. The number of benzene rings is 1. The lowest BCUT2D eigenvalue weighted by Gasteiger charge is -2.19. The van der Waals surface area contributed by atoms with Gasteiger partial charge in [0.1, 0.15) is 4.90 Å². The Morgan fingerprint density at radius 1 is 1.12 bits per heavy atom. The summed E-state index contributed by atoms with van der Waals surface area (Å²) < 4.78 is 25.8. The number of carbonyl (C=O) groups is 2. The van der Waals surface area contributed by atoms with Gasteiger partial charge in [-0.3, -0.25) is 0 Å². The number of hydrogen-bond donors (Lipinski definition) is 2. The zero-order valence-electron chi connectivity index (χ0n) is 12.8. The van der Waals surface area contributed by atoms with E-state index in [1.807, 2.05) is 0 Å². The van der Waals surface area contributed by atoms with Gasteiger partial charge in [-0.15, -0.1) is 4.31 Å². The summed E-state index contributed by atoms with van der Waals surface area (Å²) in [4.78, 5) is 30.3. The number of anilines is 1. The molecule has 2 amide bonds. The van der Waals surface area contributed by atoms with Crippen LogP contribution in [-0.2, 0) is 10.0 Å². The van der Waals surface area contributed by atoms with E-state index in [1.165, 1.54) is 12.1 Å². The predicted molar refractivity (Wildman–Crippen MR) is 84.2 cm³/mol. The van der Waals surface area contributed by atoms with Gasteiger partial charge in [0, 0.05) is 11.4 Å². The molecule has 1 aromatic heterocycles. The summed E-state index contributed by atoms with van der Waals surface area (Å²) >= 11 is 0. The van der Waals surface area contributed by atoms with Crippen molar-refractivity contribution in [3.05, 3.63) is 47.3 Å². The molecule has 126 valence electrons. The Bertz CT molecular complexity index is 906. The molecule has 0 aliphatic heterocycles. The number of carboxylic acids is 1. The van der Waals surface area contributed by atoms with Gasteiger partial charge in [-0.25, -0.2) is 28.0 Å². The van der Waals surface area contributed by atoms with E-state index in [0.29, 0.717) is 11.4 Å². The Hall–Kier alpha value is -3.01. The van der Waals surface area contributed by atoms with Crippen LogP contribution in [0.4, 0.5) is 10.7 Å². The van der Waals surface area contributed by atoms with E-state index in [-0.39, 0.29) is 4.31 Å². The van der Waals surface area contributed by atoms with E-state index in [0.717, 1.165) is 12.1 Å². The van der Waals surface area contributed by atoms with Crippen molar-refractivity contribution >= 4 is 28.0 Å². The van der Waals surface area contributed by atoms with E-state index in [1.54, 1.807) is 19.9 Å². The largest absolute Gasteiger partial charge is 0.478 e. The number of rotatable bonds is 4. The Morgan fingerprint density at radius 3 is 2.17 bits per heavy atom. The normalized spacial score (nSPS) is 11.1. The van der Waals surface area contributed by atoms with E-state index in [2.05, 4.69) is 9.97 Å². The van der Waals surface area contributed by atoms with Crippen LogP contribution in [0.1, 0.15) is 21.7 Å². The van der Waals surface area contributed by atoms with Gasteiger partial charge in [0.05, 0.1) is 5.56 Å². The van der Waals surface area contributed by atoms with Gasteiger partial charge in [-0.05, 0) is 32.0 Å². The van der Waals surface area contributed by atoms with Gasteiger partial charge in [0.15, 0.2) is 0 Å². The molecule has 0 spiro atoms. The molecule has 10 heteroatoms. The maximum atomic E-state index is 12.8. The van der Waals surface area contributed by atoms with Crippen molar-refractivity contribution in [2.45, 2.75) is 18.7 Å². The third-order valence-electron chi connectivity index (χ3n) is 2.99. The number of nitrogens with two attached hydrogens (primary N) is 1. The first-order valence-electron chi connectivity index (χ1n) is 6.64. The van der Waals surface area contributed by atoms with Crippen LogP contribution in [0.25, 0.3) is 0 Å². The second-order valence-corrected chi connectivity index (χ2v) is 6.61. The Labute approximate surface area is 137 Å². The fourth-order valence-electron chi connectivity index (χ4n) is 2.09. The highest BCUT2D eigenvalue weighted by atomic mass is 32.2. The molecule has 0 fully saturated rings. The summed E-state index contributed by atoms with van der Waals surface area (Å²) in [6, 6.07) is 5.11. The van der Waals surface area contributed by atoms with Crippen LogP contribution in [0.2, 0.25) is 0 Å². The smallest absolute Gasteiger partial charge is 0.337 e. The molecule has 24 heavy (non-hydrogen) atoms. The fourth-order valence-corrected chi connectivity index (χ4v) is 3.50. The van der Waals surface area contributed by atoms with Gasteiger partial charge < -0.3 is 10.8 Å². The first-order chi connectivity index (χ1) is 11.1. The van der Waals surface area contributed by atoms with E-state index in [4.69, 9.17) is 5.73 Å². The molecule has 0 radical (unpaired) electrons. The number of nitrogens with zero attached hydrogens (tertiary/aromatic N) is 3. The van der Waals surface area contributed by atoms with Gasteiger partial charge in [0.2, 0.25) is 5.95 Å². The number of primary amides is 1. The van der Waals surface area contributed by atoms with Crippen LogP contribution >= 0.6 is 0 Å². The SMILES string of the molecule is Cc1cc(C)nc(N(C(N)=O)S(=O)(=O)c2ccccc2C(=O)O)n1. The zero-order chi connectivity index (χ0) is 18.1. The maximum Gasteiger partial charge on any atom is 0.337 e. The molecular formula is C14H14N4O5S. The Morgan fingerprint density at radius 2 is 1.67 bits per heavy atom. The van der Waals surface area contributed by atoms with Crippen LogP contribution in [-0.4, -0.2) is 35.5 Å². The van der Waals surface area contributed by atoms with Crippen molar-refractivity contribution < 1.29 is 23.1 Å². The molecule has 0 atom stereocenters. The van der Waals surface area contributed by atoms with Crippen LogP contribution in [0.15, 0.2) is 35.2 Å². The molecule has 0 unspecified atom stereocenters. The molecule has 2 aromatic rings. The van der Waals surface area contributed by atoms with Crippen LogP contribution in [0.3, 0.4) is 0 Å². The Kier molecular flexibility index (Phi) is 4.51. The molecule has 1 aromatic carbocycles.